The van der Waals surface area contributed by atoms with E-state index in [9.17, 15) is 0 Å². The highest BCUT2D eigenvalue weighted by atomic mass is 35.5. The molecule has 0 radical (unpaired) electrons. The molecule has 0 atom stereocenters. The second-order valence-electron chi connectivity index (χ2n) is 6.94. The second-order valence-corrected chi connectivity index (χ2v) is 7.34. The normalized spacial score (nSPS) is 13.9. The molecule has 1 aliphatic heterocycles. The van der Waals surface area contributed by atoms with Gasteiger partial charge in [-0.05, 0) is 68.6 Å². The quantitative estimate of drug-likeness (QED) is 0.535. The van der Waals surface area contributed by atoms with Crippen LogP contribution in [0.25, 0.3) is 0 Å². The summed E-state index contributed by atoms with van der Waals surface area (Å²) < 4.78 is 11.8. The summed E-state index contributed by atoms with van der Waals surface area (Å²) in [4.78, 5) is 0. The zero-order valence-electron chi connectivity index (χ0n) is 16.8. The van der Waals surface area contributed by atoms with Crippen LogP contribution in [0.3, 0.4) is 0 Å². The maximum absolute atomic E-state index is 6.52. The van der Waals surface area contributed by atoms with Crippen molar-refractivity contribution < 1.29 is 9.47 Å². The third-order valence-electron chi connectivity index (χ3n) is 4.82. The van der Waals surface area contributed by atoms with E-state index in [1.807, 2.05) is 49.4 Å². The molecule has 0 saturated carbocycles. The van der Waals surface area contributed by atoms with E-state index >= 15 is 0 Å². The van der Waals surface area contributed by atoms with Gasteiger partial charge in [-0.25, -0.2) is 0 Å². The van der Waals surface area contributed by atoms with E-state index < -0.39 is 0 Å². The minimum Gasteiger partial charge on any atom is -0.490 e. The van der Waals surface area contributed by atoms with Crippen LogP contribution >= 0.6 is 36.4 Å². The first-order valence-corrected chi connectivity index (χ1v) is 10.2. The first kappa shape index (κ1) is 25.9. The Labute approximate surface area is 191 Å². The van der Waals surface area contributed by atoms with E-state index in [0.29, 0.717) is 29.7 Å². The summed E-state index contributed by atoms with van der Waals surface area (Å²) in [7, 11) is 0. The van der Waals surface area contributed by atoms with Crippen molar-refractivity contribution in [3.05, 3.63) is 58.6 Å². The largest absolute Gasteiger partial charge is 0.490 e. The fourth-order valence-corrected chi connectivity index (χ4v) is 3.65. The molecule has 29 heavy (non-hydrogen) atoms. The minimum atomic E-state index is 0. The highest BCUT2D eigenvalue weighted by Crippen LogP contribution is 2.37. The number of halogens is 3. The molecule has 0 aromatic heterocycles. The molecule has 0 spiro atoms. The van der Waals surface area contributed by atoms with Crippen LogP contribution in [0.2, 0.25) is 5.02 Å². The molecule has 0 unspecified atom stereocenters. The van der Waals surface area contributed by atoms with E-state index in [4.69, 9.17) is 21.1 Å². The van der Waals surface area contributed by atoms with Crippen molar-refractivity contribution in [3.63, 3.8) is 0 Å². The Hall–Kier alpha value is -1.17. The summed E-state index contributed by atoms with van der Waals surface area (Å²) in [5, 5.41) is 7.56. The van der Waals surface area contributed by atoms with Gasteiger partial charge in [0.15, 0.2) is 11.5 Å². The number of piperidine rings is 1. The van der Waals surface area contributed by atoms with Gasteiger partial charge >= 0.3 is 0 Å². The lowest BCUT2D eigenvalue weighted by Crippen LogP contribution is -2.33. The van der Waals surface area contributed by atoms with Gasteiger partial charge in [0, 0.05) is 6.54 Å². The predicted octanol–water partition coefficient (Wildman–Crippen LogP) is 5.25. The third-order valence-corrected chi connectivity index (χ3v) is 5.10. The number of rotatable bonds is 9. The Kier molecular flexibility index (Phi) is 12.4. The Morgan fingerprint density at radius 2 is 1.76 bits per heavy atom. The highest BCUT2D eigenvalue weighted by Gasteiger charge is 2.15. The lowest BCUT2D eigenvalue weighted by molar-refractivity contribution is 0.269. The van der Waals surface area contributed by atoms with Gasteiger partial charge in [0.2, 0.25) is 0 Å². The molecule has 2 N–H and O–H groups in total. The molecule has 1 aliphatic rings. The van der Waals surface area contributed by atoms with Gasteiger partial charge in [-0.2, -0.15) is 0 Å². The highest BCUT2D eigenvalue weighted by molar-refractivity contribution is 6.32. The fraction of sp³-hybridized carbons (Fsp3) is 0.455. The summed E-state index contributed by atoms with van der Waals surface area (Å²) in [5.41, 5.74) is 2.22. The van der Waals surface area contributed by atoms with E-state index in [-0.39, 0.29) is 24.8 Å². The summed E-state index contributed by atoms with van der Waals surface area (Å²) in [6, 6.07) is 14.1. The number of hydrogen-bond acceptors (Lipinski definition) is 4. The van der Waals surface area contributed by atoms with Gasteiger partial charge in [-0.15, -0.1) is 24.8 Å². The lowest BCUT2D eigenvalue weighted by Gasteiger charge is -2.23. The standard InChI is InChI=1S/C22H29ClN2O2.2ClH/c1-2-26-21-13-19(15-25-14-17-8-10-24-11-9-17)12-20(23)22(21)27-16-18-6-4-3-5-7-18;;/h3-7,12-13,17,24-25H,2,8-11,14-16H2,1H3;2*1H. The number of benzene rings is 2. The van der Waals surface area contributed by atoms with E-state index in [0.717, 1.165) is 43.2 Å². The molecule has 2 aromatic carbocycles. The summed E-state index contributed by atoms with van der Waals surface area (Å²) in [6.07, 6.45) is 2.48. The van der Waals surface area contributed by atoms with Crippen LogP contribution in [0, 0.1) is 5.92 Å². The minimum absolute atomic E-state index is 0. The van der Waals surface area contributed by atoms with Gasteiger partial charge in [0.05, 0.1) is 11.6 Å². The molecule has 2 aromatic rings. The molecule has 0 bridgehead atoms. The van der Waals surface area contributed by atoms with Crippen molar-refractivity contribution in [2.45, 2.75) is 32.9 Å². The van der Waals surface area contributed by atoms with Crippen LogP contribution in [0.4, 0.5) is 0 Å². The van der Waals surface area contributed by atoms with E-state index in [1.54, 1.807) is 0 Å². The summed E-state index contributed by atoms with van der Waals surface area (Å²) >= 11 is 6.52. The van der Waals surface area contributed by atoms with Crippen LogP contribution < -0.4 is 20.1 Å². The van der Waals surface area contributed by atoms with Crippen LogP contribution in [-0.4, -0.2) is 26.2 Å². The average Bonchev–Trinajstić information content (AvgIpc) is 2.69. The number of ether oxygens (including phenoxy) is 2. The van der Waals surface area contributed by atoms with Gasteiger partial charge in [-0.1, -0.05) is 41.9 Å². The monoisotopic (exact) mass is 460 g/mol. The van der Waals surface area contributed by atoms with Crippen LogP contribution in [0.15, 0.2) is 42.5 Å². The lowest BCUT2D eigenvalue weighted by atomic mass is 9.98. The Balaban J connectivity index is 0.00000210. The molecule has 1 heterocycles. The fourth-order valence-electron chi connectivity index (χ4n) is 3.36. The van der Waals surface area contributed by atoms with Gasteiger partial charge in [-0.3, -0.25) is 0 Å². The van der Waals surface area contributed by atoms with Gasteiger partial charge < -0.3 is 20.1 Å². The maximum atomic E-state index is 6.52. The SMILES string of the molecule is CCOc1cc(CNCC2CCNCC2)cc(Cl)c1OCc1ccccc1.Cl.Cl. The number of nitrogens with one attached hydrogen (secondary N) is 2. The van der Waals surface area contributed by atoms with Gasteiger partial charge in [0.25, 0.3) is 0 Å². The Bertz CT molecular complexity index is 711. The molecule has 3 rings (SSSR count). The smallest absolute Gasteiger partial charge is 0.180 e. The molecule has 0 amide bonds. The average molecular weight is 462 g/mol. The van der Waals surface area contributed by atoms with Crippen molar-refractivity contribution in [1.82, 2.24) is 10.6 Å². The van der Waals surface area contributed by atoms with Crippen LogP contribution in [0.1, 0.15) is 30.9 Å². The molecule has 4 nitrogen and oxygen atoms in total. The van der Waals surface area contributed by atoms with Crippen LogP contribution in [0.5, 0.6) is 11.5 Å². The molecule has 1 fully saturated rings. The molecular formula is C22H31Cl3N2O2. The zero-order valence-corrected chi connectivity index (χ0v) is 19.2. The molecule has 0 aliphatic carbocycles. The molecule has 1 saturated heterocycles. The van der Waals surface area contributed by atoms with Crippen molar-refractivity contribution in [3.8, 4) is 11.5 Å². The van der Waals surface area contributed by atoms with Crippen molar-refractivity contribution in [2.24, 2.45) is 5.92 Å². The maximum Gasteiger partial charge on any atom is 0.180 e. The van der Waals surface area contributed by atoms with E-state index in [2.05, 4.69) is 10.6 Å². The van der Waals surface area contributed by atoms with E-state index in [1.165, 1.54) is 12.8 Å². The van der Waals surface area contributed by atoms with Gasteiger partial charge in [0.1, 0.15) is 6.61 Å². The Morgan fingerprint density at radius 3 is 2.45 bits per heavy atom. The molecular weight excluding hydrogens is 431 g/mol. The van der Waals surface area contributed by atoms with Crippen molar-refractivity contribution in [2.75, 3.05) is 26.2 Å². The molecule has 7 heteroatoms. The topological polar surface area (TPSA) is 42.5 Å². The Morgan fingerprint density at radius 1 is 1.03 bits per heavy atom. The predicted molar refractivity (Wildman–Crippen MR) is 125 cm³/mol. The zero-order chi connectivity index (χ0) is 18.9. The van der Waals surface area contributed by atoms with Crippen molar-refractivity contribution in [1.29, 1.82) is 0 Å². The van der Waals surface area contributed by atoms with Crippen LogP contribution in [-0.2, 0) is 13.2 Å². The van der Waals surface area contributed by atoms with Crippen molar-refractivity contribution >= 4 is 36.4 Å². The summed E-state index contributed by atoms with van der Waals surface area (Å²) in [6.45, 7) is 7.08. The first-order chi connectivity index (χ1) is 13.3. The first-order valence-electron chi connectivity index (χ1n) is 9.79. The molecule has 162 valence electrons. The second kappa shape index (κ2) is 13.9. The summed E-state index contributed by atoms with van der Waals surface area (Å²) in [5.74, 6) is 2.07. The third kappa shape index (κ3) is 8.23. The number of hydrogen-bond donors (Lipinski definition) is 2.